The summed E-state index contributed by atoms with van der Waals surface area (Å²) in [4.78, 5) is 38.8. The second kappa shape index (κ2) is 14.3. The predicted octanol–water partition coefficient (Wildman–Crippen LogP) is 5.55. The third kappa shape index (κ3) is 7.00. The Morgan fingerprint density at radius 1 is 1.10 bits per heavy atom. The highest BCUT2D eigenvalue weighted by atomic mass is 32.2. The number of ether oxygens (including phenoxy) is 2. The van der Waals surface area contributed by atoms with Gasteiger partial charge in [0.1, 0.15) is 11.6 Å². The Kier molecular flexibility index (Phi) is 10.2. The van der Waals surface area contributed by atoms with Crippen LogP contribution in [-0.2, 0) is 19.3 Å². The lowest BCUT2D eigenvalue weighted by atomic mass is 10.1. The van der Waals surface area contributed by atoms with Gasteiger partial charge in [-0.2, -0.15) is 4.39 Å². The summed E-state index contributed by atoms with van der Waals surface area (Å²) in [6.45, 7) is 7.77. The van der Waals surface area contributed by atoms with E-state index in [0.717, 1.165) is 5.56 Å². The van der Waals surface area contributed by atoms with E-state index in [1.807, 2.05) is 13.0 Å². The van der Waals surface area contributed by atoms with Crippen molar-refractivity contribution in [2.45, 2.75) is 74.8 Å². The van der Waals surface area contributed by atoms with Crippen molar-refractivity contribution in [2.24, 2.45) is 4.36 Å². The standard InChI is InChI=1S/C36H43F2N7O6S/c1-21-17-22(42-32-33-41-19-27(44(33)16-13-40-32)25-8-9-28(50-6)31(38)30(25)37)7-10-29(21)52(49,39-5)24-11-14-43(15-12-24)34(47)26-18-23(46)20-45(26)35(48)51-36(2,3)4/h7-10,13,16-17,19,23-24,26,46H,11-12,14-15,18,20H2,1-6H3,(H,40,42)/t23-,26+,52?/m1/s1. The smallest absolute Gasteiger partial charge is 0.411 e. The van der Waals surface area contributed by atoms with Crippen LogP contribution in [0.1, 0.15) is 45.6 Å². The zero-order valence-corrected chi connectivity index (χ0v) is 30.7. The van der Waals surface area contributed by atoms with Crippen LogP contribution in [-0.4, -0.2) is 102 Å². The molecule has 2 aromatic carbocycles. The number of hydrogen-bond acceptors (Lipinski definition) is 10. The number of hydrogen-bond donors (Lipinski definition) is 2. The molecule has 2 aliphatic rings. The summed E-state index contributed by atoms with van der Waals surface area (Å²) in [7, 11) is -0.0874. The number of nitrogens with zero attached hydrogens (tertiary/aromatic N) is 6. The van der Waals surface area contributed by atoms with Crippen molar-refractivity contribution in [1.29, 1.82) is 0 Å². The molecule has 2 fully saturated rings. The maximum atomic E-state index is 14.9. The number of rotatable bonds is 7. The van der Waals surface area contributed by atoms with E-state index in [9.17, 15) is 27.7 Å². The molecule has 0 aliphatic carbocycles. The van der Waals surface area contributed by atoms with Crippen molar-refractivity contribution < 1.29 is 37.2 Å². The number of anilines is 2. The molecule has 1 unspecified atom stereocenters. The van der Waals surface area contributed by atoms with Gasteiger partial charge >= 0.3 is 6.09 Å². The molecule has 16 heteroatoms. The van der Waals surface area contributed by atoms with Gasteiger partial charge in [0.05, 0.1) is 51.5 Å². The Morgan fingerprint density at radius 2 is 1.83 bits per heavy atom. The van der Waals surface area contributed by atoms with Crippen LogP contribution in [0.15, 0.2) is 58.2 Å². The molecule has 0 bridgehead atoms. The predicted molar refractivity (Wildman–Crippen MR) is 191 cm³/mol. The number of amides is 2. The van der Waals surface area contributed by atoms with Crippen LogP contribution in [0.25, 0.3) is 16.9 Å². The Hall–Kier alpha value is -4.83. The van der Waals surface area contributed by atoms with Crippen molar-refractivity contribution in [3.63, 3.8) is 0 Å². The average Bonchev–Trinajstić information content (AvgIpc) is 3.73. The van der Waals surface area contributed by atoms with E-state index in [4.69, 9.17) is 9.47 Å². The number of benzene rings is 2. The van der Waals surface area contributed by atoms with Crippen LogP contribution in [0, 0.1) is 18.6 Å². The molecule has 278 valence electrons. The molecule has 2 amide bonds. The number of aliphatic hydroxyl groups is 1. The third-order valence-corrected chi connectivity index (χ3v) is 12.4. The molecule has 6 rings (SSSR count). The van der Waals surface area contributed by atoms with Crippen LogP contribution in [0.4, 0.5) is 25.1 Å². The Bertz CT molecular complexity index is 2140. The summed E-state index contributed by atoms with van der Waals surface area (Å²) in [6, 6.07) is 7.33. The number of fused-ring (bicyclic) bond motifs is 1. The van der Waals surface area contributed by atoms with Crippen molar-refractivity contribution in [2.75, 3.05) is 39.1 Å². The normalized spacial score (nSPS) is 19.4. The zero-order chi connectivity index (χ0) is 37.5. The summed E-state index contributed by atoms with van der Waals surface area (Å²) in [5, 5.41) is 13.2. The monoisotopic (exact) mass is 739 g/mol. The largest absolute Gasteiger partial charge is 0.494 e. The molecule has 2 N–H and O–H groups in total. The van der Waals surface area contributed by atoms with Gasteiger partial charge in [-0.25, -0.2) is 27.7 Å². The van der Waals surface area contributed by atoms with E-state index in [0.29, 0.717) is 53.7 Å². The van der Waals surface area contributed by atoms with Gasteiger partial charge < -0.3 is 24.8 Å². The van der Waals surface area contributed by atoms with Crippen LogP contribution in [0.3, 0.4) is 0 Å². The number of β-amino-alcohol motifs (C(OH)–C–C–N with tert-alkyl or cyclic N) is 1. The number of methoxy groups -OCH3 is 1. The van der Waals surface area contributed by atoms with Crippen molar-refractivity contribution >= 4 is 38.9 Å². The topological polar surface area (TPSA) is 151 Å². The van der Waals surface area contributed by atoms with Gasteiger partial charge in [-0.1, -0.05) is 0 Å². The maximum Gasteiger partial charge on any atom is 0.411 e. The zero-order valence-electron chi connectivity index (χ0n) is 29.9. The molecule has 2 aliphatic heterocycles. The third-order valence-electron chi connectivity index (χ3n) is 9.39. The van der Waals surface area contributed by atoms with E-state index < -0.39 is 45.2 Å². The van der Waals surface area contributed by atoms with Crippen LogP contribution < -0.4 is 10.1 Å². The number of halogens is 2. The molecular weight excluding hydrogens is 697 g/mol. The van der Waals surface area contributed by atoms with E-state index in [1.165, 1.54) is 36.5 Å². The minimum Gasteiger partial charge on any atom is -0.494 e. The van der Waals surface area contributed by atoms with Gasteiger partial charge in [-0.15, -0.1) is 0 Å². The van der Waals surface area contributed by atoms with Crippen molar-refractivity contribution in [1.82, 2.24) is 24.2 Å². The number of aromatic nitrogens is 3. The molecule has 4 aromatic rings. The number of carbonyl (C=O) groups excluding carboxylic acids is 2. The van der Waals surface area contributed by atoms with E-state index >= 15 is 0 Å². The average molecular weight is 740 g/mol. The maximum absolute atomic E-state index is 14.9. The molecule has 0 radical (unpaired) electrons. The highest BCUT2D eigenvalue weighted by Gasteiger charge is 2.43. The summed E-state index contributed by atoms with van der Waals surface area (Å²) in [5.74, 6) is -2.24. The summed E-state index contributed by atoms with van der Waals surface area (Å²) < 4.78 is 60.4. The van der Waals surface area contributed by atoms with E-state index in [-0.39, 0.29) is 35.4 Å². The van der Waals surface area contributed by atoms with Crippen LogP contribution in [0.5, 0.6) is 5.75 Å². The number of aliphatic hydroxyl groups excluding tert-OH is 1. The summed E-state index contributed by atoms with van der Waals surface area (Å²) in [5.41, 5.74) is 1.34. The number of likely N-dealkylation sites (tertiary alicyclic amines) is 2. The molecule has 3 atom stereocenters. The lowest BCUT2D eigenvalue weighted by Crippen LogP contribution is -2.51. The fraction of sp³-hybridized carbons (Fsp3) is 0.444. The minimum atomic E-state index is -2.90. The first-order chi connectivity index (χ1) is 24.6. The fourth-order valence-corrected chi connectivity index (χ4v) is 9.38. The molecule has 13 nitrogen and oxygen atoms in total. The fourth-order valence-electron chi connectivity index (χ4n) is 6.89. The minimum absolute atomic E-state index is 0.0107. The molecule has 0 saturated carbocycles. The van der Waals surface area contributed by atoms with Gasteiger partial charge in [0.2, 0.25) is 11.7 Å². The molecule has 2 saturated heterocycles. The van der Waals surface area contributed by atoms with Crippen LogP contribution in [0.2, 0.25) is 0 Å². The number of nitrogens with one attached hydrogen (secondary N) is 1. The molecule has 52 heavy (non-hydrogen) atoms. The second-order valence-electron chi connectivity index (χ2n) is 14.0. The first-order valence-electron chi connectivity index (χ1n) is 17.0. The SMILES string of the molecule is CN=S(=O)(c1ccc(Nc2nccn3c(-c4ccc(OC)c(F)c4F)cnc23)cc1C)C1CCN(C(=O)[C@@H]2C[C@@H](O)CN2C(=O)OC(C)(C)C)CC1. The number of piperidine rings is 1. The van der Waals surface area contributed by atoms with E-state index in [2.05, 4.69) is 19.6 Å². The highest BCUT2D eigenvalue weighted by Crippen LogP contribution is 2.34. The molecular formula is C36H43F2N7O6S. The summed E-state index contributed by atoms with van der Waals surface area (Å²) >= 11 is 0. The first kappa shape index (κ1) is 36.9. The number of imidazole rings is 1. The summed E-state index contributed by atoms with van der Waals surface area (Å²) in [6.07, 6.45) is 4.10. The van der Waals surface area contributed by atoms with Crippen molar-refractivity contribution in [3.8, 4) is 17.0 Å². The molecule has 4 heterocycles. The Labute approximate surface area is 301 Å². The highest BCUT2D eigenvalue weighted by molar-refractivity contribution is 7.94. The Balaban J connectivity index is 1.16. The lowest BCUT2D eigenvalue weighted by molar-refractivity contribution is -0.136. The molecule has 0 spiro atoms. The van der Waals surface area contributed by atoms with Gasteiger partial charge in [0, 0.05) is 50.2 Å². The number of aryl methyl sites for hydroxylation is 1. The first-order valence-corrected chi connectivity index (χ1v) is 18.6. The van der Waals surface area contributed by atoms with Gasteiger partial charge in [-0.05, 0) is 76.4 Å². The van der Waals surface area contributed by atoms with Gasteiger partial charge in [0.25, 0.3) is 0 Å². The quantitative estimate of drug-likeness (QED) is 0.249. The van der Waals surface area contributed by atoms with Gasteiger partial charge in [0.15, 0.2) is 23.0 Å². The number of carbonyl (C=O) groups is 2. The Morgan fingerprint density at radius 3 is 2.48 bits per heavy atom. The van der Waals surface area contributed by atoms with Crippen LogP contribution >= 0.6 is 0 Å². The second-order valence-corrected chi connectivity index (χ2v) is 16.6. The van der Waals surface area contributed by atoms with E-state index in [1.54, 1.807) is 55.4 Å². The van der Waals surface area contributed by atoms with Crippen molar-refractivity contribution in [3.05, 3.63) is 66.1 Å². The molecule has 2 aromatic heterocycles. The lowest BCUT2D eigenvalue weighted by Gasteiger charge is -2.36. The van der Waals surface area contributed by atoms with Gasteiger partial charge in [-0.3, -0.25) is 14.1 Å².